The van der Waals surface area contributed by atoms with Crippen molar-refractivity contribution >= 4 is 65.0 Å². The third kappa shape index (κ3) is 5.59. The predicted octanol–water partition coefficient (Wildman–Crippen LogP) is 13.5. The summed E-state index contributed by atoms with van der Waals surface area (Å²) in [6.45, 7) is 6.60. The van der Waals surface area contributed by atoms with Gasteiger partial charge in [0.2, 0.25) is 0 Å². The highest BCUT2D eigenvalue weighted by atomic mass is 16.4. The molecule has 0 aliphatic carbocycles. The Kier molecular flexibility index (Phi) is 7.63. The van der Waals surface area contributed by atoms with Crippen molar-refractivity contribution in [1.29, 1.82) is 0 Å². The minimum atomic E-state index is -0.465. The van der Waals surface area contributed by atoms with E-state index in [0.717, 1.165) is 65.0 Å². The van der Waals surface area contributed by atoms with E-state index in [1.54, 1.807) is 0 Å². The Morgan fingerprint density at radius 2 is 0.983 bits per heavy atom. The molecule has 0 unspecified atom stereocenters. The first kappa shape index (κ1) is 34.7. The van der Waals surface area contributed by atoms with Gasteiger partial charge >= 0.3 is 11.3 Å². The van der Waals surface area contributed by atoms with Crippen LogP contribution in [0.1, 0.15) is 26.3 Å². The van der Waals surface area contributed by atoms with Gasteiger partial charge in [-0.3, -0.25) is 0 Å². The average molecular weight is 766 g/mol. The molecule has 6 nitrogen and oxygen atoms in total. The molecule has 0 saturated carbocycles. The predicted molar refractivity (Wildman–Crippen MR) is 239 cm³/mol. The molecule has 0 spiro atoms. The molecule has 0 aliphatic heterocycles. The van der Waals surface area contributed by atoms with Crippen LogP contribution in [-0.2, 0) is 5.41 Å². The summed E-state index contributed by atoms with van der Waals surface area (Å²) in [5, 5.41) is 9.74. The number of nitrogens with zero attached hydrogens (tertiary/aromatic N) is 1. The van der Waals surface area contributed by atoms with Gasteiger partial charge in [0.05, 0.1) is 17.0 Å². The Hall–Kier alpha value is -7.57. The minimum absolute atomic E-state index is 0.00772. The molecular formula is C53H35NO5. The van der Waals surface area contributed by atoms with Crippen LogP contribution in [0.15, 0.2) is 181 Å². The fraction of sp³-hybridized carbons (Fsp3) is 0.0755. The largest absolute Gasteiger partial charge is 0.456 e. The topological polar surface area (TPSA) is 86.5 Å². The number of fused-ring (bicyclic) bond motifs is 10. The third-order valence-electron chi connectivity index (χ3n) is 11.6. The summed E-state index contributed by atoms with van der Waals surface area (Å²) >= 11 is 0. The van der Waals surface area contributed by atoms with Gasteiger partial charge in [0.25, 0.3) is 0 Å². The average Bonchev–Trinajstić information content (AvgIpc) is 3.75. The Balaban J connectivity index is 0.992. The lowest BCUT2D eigenvalue weighted by Gasteiger charge is -2.19. The van der Waals surface area contributed by atoms with Crippen molar-refractivity contribution < 1.29 is 13.3 Å². The standard InChI is InChI=1S/C53H35NO5/c1-53(2,3)31-20-21-32-30(27-31)19-24-48-41(32)28-43(51(55)58-48)46-18-10-17-45(54-46)38-22-23-39(35-13-6-5-12-34(35)38)47-25-26-49(57-47)44-29-42-37-15-7-4-11-33(37)36-14-8-9-16-40(36)50(42)59-52(44)56/h4-29H,1-3H3. The molecule has 0 radical (unpaired) electrons. The fourth-order valence-corrected chi connectivity index (χ4v) is 8.59. The van der Waals surface area contributed by atoms with Crippen LogP contribution in [0, 0.1) is 0 Å². The highest BCUT2D eigenvalue weighted by Gasteiger charge is 2.20. The molecule has 4 heterocycles. The summed E-state index contributed by atoms with van der Waals surface area (Å²) in [6.07, 6.45) is 0. The number of hydrogen-bond donors (Lipinski definition) is 0. The van der Waals surface area contributed by atoms with Gasteiger partial charge < -0.3 is 13.3 Å². The molecule has 0 fully saturated rings. The maximum absolute atomic E-state index is 13.6. The molecule has 6 heteroatoms. The Morgan fingerprint density at radius 1 is 0.407 bits per heavy atom. The van der Waals surface area contributed by atoms with Crippen LogP contribution in [-0.4, -0.2) is 4.98 Å². The Morgan fingerprint density at radius 3 is 1.71 bits per heavy atom. The number of hydrogen-bond acceptors (Lipinski definition) is 6. The van der Waals surface area contributed by atoms with Crippen LogP contribution in [0.3, 0.4) is 0 Å². The maximum Gasteiger partial charge on any atom is 0.347 e. The van der Waals surface area contributed by atoms with Crippen molar-refractivity contribution in [1.82, 2.24) is 4.98 Å². The minimum Gasteiger partial charge on any atom is -0.456 e. The summed E-state index contributed by atoms with van der Waals surface area (Å²) in [5.74, 6) is 1.04. The molecule has 0 bridgehead atoms. The van der Waals surface area contributed by atoms with E-state index < -0.39 is 11.3 Å². The summed E-state index contributed by atoms with van der Waals surface area (Å²) in [6, 6.07) is 51.9. The zero-order valence-corrected chi connectivity index (χ0v) is 32.5. The number of furan rings is 1. The number of aromatic nitrogens is 1. The second-order valence-corrected chi connectivity index (χ2v) is 16.2. The van der Waals surface area contributed by atoms with Gasteiger partial charge in [0.15, 0.2) is 0 Å². The van der Waals surface area contributed by atoms with Crippen LogP contribution in [0.5, 0.6) is 0 Å². The Bertz CT molecular complexity index is 3660. The molecule has 59 heavy (non-hydrogen) atoms. The highest BCUT2D eigenvalue weighted by Crippen LogP contribution is 2.40. The van der Waals surface area contributed by atoms with Crippen LogP contribution >= 0.6 is 0 Å². The van der Waals surface area contributed by atoms with E-state index in [9.17, 15) is 9.59 Å². The van der Waals surface area contributed by atoms with Crippen molar-refractivity contribution in [3.8, 4) is 45.2 Å². The summed E-state index contributed by atoms with van der Waals surface area (Å²) in [5.41, 5.74) is 5.20. The van der Waals surface area contributed by atoms with Crippen LogP contribution in [0.25, 0.3) is 110 Å². The first-order valence-corrected chi connectivity index (χ1v) is 19.7. The fourth-order valence-electron chi connectivity index (χ4n) is 8.59. The first-order chi connectivity index (χ1) is 28.7. The molecule has 0 N–H and O–H groups in total. The van der Waals surface area contributed by atoms with Crippen molar-refractivity contribution in [3.63, 3.8) is 0 Å². The zero-order valence-electron chi connectivity index (χ0n) is 32.5. The van der Waals surface area contributed by atoms with E-state index in [-0.39, 0.29) is 5.41 Å². The van der Waals surface area contributed by atoms with E-state index >= 15 is 0 Å². The van der Waals surface area contributed by atoms with E-state index in [1.165, 1.54) is 5.56 Å². The van der Waals surface area contributed by atoms with Gasteiger partial charge in [-0.2, -0.15) is 0 Å². The van der Waals surface area contributed by atoms with Crippen molar-refractivity contribution in [3.05, 3.63) is 184 Å². The highest BCUT2D eigenvalue weighted by molar-refractivity contribution is 6.24. The number of rotatable bonds is 4. The molecule has 0 amide bonds. The number of pyridine rings is 1. The lowest BCUT2D eigenvalue weighted by molar-refractivity contribution is 0.554. The smallest absolute Gasteiger partial charge is 0.347 e. The first-order valence-electron chi connectivity index (χ1n) is 19.7. The van der Waals surface area contributed by atoms with Crippen LogP contribution in [0.4, 0.5) is 0 Å². The van der Waals surface area contributed by atoms with Gasteiger partial charge in [0, 0.05) is 27.3 Å². The third-order valence-corrected chi connectivity index (χ3v) is 11.6. The normalized spacial score (nSPS) is 12.1. The maximum atomic E-state index is 13.6. The summed E-state index contributed by atoms with van der Waals surface area (Å²) in [7, 11) is 0. The van der Waals surface area contributed by atoms with E-state index in [0.29, 0.717) is 45.2 Å². The molecule has 11 aromatic rings. The zero-order chi connectivity index (χ0) is 40.0. The van der Waals surface area contributed by atoms with Crippen LogP contribution < -0.4 is 11.3 Å². The second kappa shape index (κ2) is 13.0. The van der Waals surface area contributed by atoms with E-state index in [2.05, 4.69) is 69.3 Å². The van der Waals surface area contributed by atoms with E-state index in [1.807, 2.05) is 109 Å². The molecule has 0 aliphatic rings. The molecule has 4 aromatic heterocycles. The SMILES string of the molecule is CC(C)(C)c1ccc2c(ccc3oc(=O)c(-c4cccc(-c5ccc(-c6ccc(-c7cc8c9ccccc9c9ccccc9c8oc7=O)o6)c6ccccc56)n4)cc32)c1. The lowest BCUT2D eigenvalue weighted by atomic mass is 9.85. The second-order valence-electron chi connectivity index (χ2n) is 16.2. The van der Waals surface area contributed by atoms with Gasteiger partial charge in [0.1, 0.15) is 28.2 Å². The molecular weight excluding hydrogens is 731 g/mol. The molecule has 7 aromatic carbocycles. The van der Waals surface area contributed by atoms with Crippen molar-refractivity contribution in [2.45, 2.75) is 26.2 Å². The lowest BCUT2D eigenvalue weighted by Crippen LogP contribution is -2.10. The van der Waals surface area contributed by atoms with Crippen LogP contribution in [0.2, 0.25) is 0 Å². The van der Waals surface area contributed by atoms with Crippen molar-refractivity contribution in [2.75, 3.05) is 0 Å². The molecule has 282 valence electrons. The monoisotopic (exact) mass is 765 g/mol. The Labute approximate surface area is 337 Å². The van der Waals surface area contributed by atoms with Gasteiger partial charge in [-0.05, 0) is 97.2 Å². The van der Waals surface area contributed by atoms with Gasteiger partial charge in [-0.1, -0.05) is 130 Å². The summed E-state index contributed by atoms with van der Waals surface area (Å²) < 4.78 is 18.5. The molecule has 0 saturated heterocycles. The van der Waals surface area contributed by atoms with Crippen molar-refractivity contribution in [2.24, 2.45) is 0 Å². The molecule has 0 atom stereocenters. The number of benzene rings is 7. The molecule has 11 rings (SSSR count). The van der Waals surface area contributed by atoms with E-state index in [4.69, 9.17) is 18.2 Å². The van der Waals surface area contributed by atoms with Gasteiger partial charge in [-0.25, -0.2) is 14.6 Å². The van der Waals surface area contributed by atoms with Gasteiger partial charge in [-0.15, -0.1) is 0 Å². The quantitative estimate of drug-likeness (QED) is 0.131. The summed E-state index contributed by atoms with van der Waals surface area (Å²) in [4.78, 5) is 32.2.